The molecule has 2 aliphatic heterocycles. The molecule has 2 N–H and O–H groups in total. The maximum atomic E-state index is 10.3. The van der Waals surface area contributed by atoms with Crippen molar-refractivity contribution in [3.8, 4) is 0 Å². The summed E-state index contributed by atoms with van der Waals surface area (Å²) in [7, 11) is 0. The van der Waals surface area contributed by atoms with Gasteiger partial charge in [-0.1, -0.05) is 82.9 Å². The number of pyridine rings is 2. The predicted molar refractivity (Wildman–Crippen MR) is 186 cm³/mol. The first-order chi connectivity index (χ1) is 21.7. The van der Waals surface area contributed by atoms with Gasteiger partial charge < -0.3 is 20.0 Å². The van der Waals surface area contributed by atoms with E-state index in [1.165, 1.54) is 33.4 Å². The Labute approximate surface area is 282 Å². The summed E-state index contributed by atoms with van der Waals surface area (Å²) in [6.07, 6.45) is 6.55. The lowest BCUT2D eigenvalue weighted by Crippen LogP contribution is -2.54. The summed E-state index contributed by atoms with van der Waals surface area (Å²) in [4.78, 5) is 13.8. The third-order valence-corrected chi connectivity index (χ3v) is 10.7. The Balaban J connectivity index is 0.000000147. The molecule has 8 heteroatoms. The SMILES string of the molecule is Cc1ccc(CN2CC3(CC(C)(O)C3)c3cc(Cl)cnc32)cc1.Cc1ccc(CN2CC3(CC(C)(O)C3)c3cc(Cl)cnc32)cc1. The van der Waals surface area contributed by atoms with E-state index >= 15 is 0 Å². The van der Waals surface area contributed by atoms with Crippen molar-refractivity contribution in [1.82, 2.24) is 9.97 Å². The van der Waals surface area contributed by atoms with E-state index in [1.807, 2.05) is 26.0 Å². The van der Waals surface area contributed by atoms with Gasteiger partial charge in [-0.05, 0) is 76.6 Å². The minimum Gasteiger partial charge on any atom is -0.390 e. The average molecular weight is 658 g/mol. The van der Waals surface area contributed by atoms with Crippen molar-refractivity contribution in [2.75, 3.05) is 22.9 Å². The third kappa shape index (κ3) is 5.90. The summed E-state index contributed by atoms with van der Waals surface area (Å²) in [5.41, 5.74) is 6.36. The van der Waals surface area contributed by atoms with Gasteiger partial charge in [0.25, 0.3) is 0 Å². The summed E-state index contributed by atoms with van der Waals surface area (Å²) in [6, 6.07) is 21.3. The van der Waals surface area contributed by atoms with Crippen LogP contribution in [0, 0.1) is 13.8 Å². The predicted octanol–water partition coefficient (Wildman–Crippen LogP) is 7.69. The van der Waals surface area contributed by atoms with E-state index < -0.39 is 11.2 Å². The normalized spacial score (nSPS) is 28.8. The van der Waals surface area contributed by atoms with Gasteiger partial charge in [0.15, 0.2) is 0 Å². The molecule has 2 aromatic carbocycles. The van der Waals surface area contributed by atoms with Crippen molar-refractivity contribution < 1.29 is 10.2 Å². The zero-order valence-electron chi connectivity index (χ0n) is 27.0. The monoisotopic (exact) mass is 656 g/mol. The maximum absolute atomic E-state index is 10.3. The molecule has 0 saturated heterocycles. The molecule has 0 unspecified atom stereocenters. The molecular weight excluding hydrogens is 615 g/mol. The minimum absolute atomic E-state index is 0.00142. The highest BCUT2D eigenvalue weighted by atomic mass is 35.5. The molecule has 6 nitrogen and oxygen atoms in total. The first kappa shape index (κ1) is 31.4. The molecule has 0 amide bonds. The van der Waals surface area contributed by atoms with Crippen LogP contribution in [-0.4, -0.2) is 44.5 Å². The summed E-state index contributed by atoms with van der Waals surface area (Å²) < 4.78 is 0. The van der Waals surface area contributed by atoms with Crippen LogP contribution in [-0.2, 0) is 23.9 Å². The summed E-state index contributed by atoms with van der Waals surface area (Å²) in [5.74, 6) is 2.04. The minimum atomic E-state index is -0.570. The van der Waals surface area contributed by atoms with Crippen molar-refractivity contribution in [3.63, 3.8) is 0 Å². The Bertz CT molecular complexity index is 1620. The van der Waals surface area contributed by atoms with Crippen LogP contribution < -0.4 is 9.80 Å². The summed E-state index contributed by atoms with van der Waals surface area (Å²) >= 11 is 12.4. The van der Waals surface area contributed by atoms with Gasteiger partial charge in [-0.3, -0.25) is 0 Å². The van der Waals surface area contributed by atoms with E-state index in [2.05, 4.69) is 82.1 Å². The quantitative estimate of drug-likeness (QED) is 0.235. The van der Waals surface area contributed by atoms with Crippen molar-refractivity contribution in [3.05, 3.63) is 116 Å². The Kier molecular flexibility index (Phi) is 7.67. The second-order valence-corrected chi connectivity index (χ2v) is 15.9. The molecule has 240 valence electrons. The van der Waals surface area contributed by atoms with E-state index in [4.69, 9.17) is 23.2 Å². The average Bonchev–Trinajstić information content (AvgIpc) is 3.42. The Hall–Kier alpha value is -3.16. The van der Waals surface area contributed by atoms with Crippen molar-refractivity contribution in [2.45, 2.75) is 88.5 Å². The molecule has 0 atom stereocenters. The van der Waals surface area contributed by atoms with Crippen LogP contribution in [0.2, 0.25) is 10.0 Å². The first-order valence-electron chi connectivity index (χ1n) is 16.1. The van der Waals surface area contributed by atoms with Gasteiger partial charge in [0.05, 0.1) is 21.2 Å². The van der Waals surface area contributed by atoms with Crippen LogP contribution in [0.3, 0.4) is 0 Å². The highest BCUT2D eigenvalue weighted by Crippen LogP contribution is 2.58. The number of hydrogen-bond donors (Lipinski definition) is 2. The van der Waals surface area contributed by atoms with Gasteiger partial charge in [0.1, 0.15) is 11.6 Å². The van der Waals surface area contributed by atoms with Gasteiger partial charge in [0.2, 0.25) is 0 Å². The van der Waals surface area contributed by atoms with Gasteiger partial charge in [0, 0.05) is 60.5 Å². The molecule has 2 aromatic heterocycles. The second-order valence-electron chi connectivity index (χ2n) is 15.0. The molecule has 0 radical (unpaired) electrons. The second kappa shape index (κ2) is 11.2. The number of halogens is 2. The highest BCUT2D eigenvalue weighted by molar-refractivity contribution is 6.30. The van der Waals surface area contributed by atoms with E-state index in [-0.39, 0.29) is 10.8 Å². The Morgan fingerprint density at radius 1 is 0.630 bits per heavy atom. The van der Waals surface area contributed by atoms with Crippen LogP contribution >= 0.6 is 23.2 Å². The maximum Gasteiger partial charge on any atom is 0.132 e. The molecule has 4 aliphatic rings. The number of rotatable bonds is 4. The molecule has 2 saturated carbocycles. The Morgan fingerprint density at radius 2 is 0.978 bits per heavy atom. The molecule has 2 fully saturated rings. The summed E-state index contributed by atoms with van der Waals surface area (Å²) in [5, 5.41) is 21.9. The lowest BCUT2D eigenvalue weighted by atomic mass is 9.58. The number of benzene rings is 2. The largest absolute Gasteiger partial charge is 0.390 e. The highest BCUT2D eigenvalue weighted by Gasteiger charge is 2.58. The van der Waals surface area contributed by atoms with E-state index in [0.29, 0.717) is 10.0 Å². The van der Waals surface area contributed by atoms with E-state index in [1.54, 1.807) is 12.4 Å². The number of anilines is 2. The van der Waals surface area contributed by atoms with E-state index in [9.17, 15) is 10.2 Å². The van der Waals surface area contributed by atoms with Crippen LogP contribution in [0.4, 0.5) is 11.6 Å². The first-order valence-corrected chi connectivity index (χ1v) is 16.9. The molecular formula is C38H42Cl2N4O2. The molecule has 46 heavy (non-hydrogen) atoms. The number of nitrogens with zero attached hydrogens (tertiary/aromatic N) is 4. The number of hydrogen-bond acceptors (Lipinski definition) is 6. The Morgan fingerprint density at radius 3 is 1.30 bits per heavy atom. The fraction of sp³-hybridized carbons (Fsp3) is 0.421. The van der Waals surface area contributed by atoms with Gasteiger partial charge in [-0.25, -0.2) is 9.97 Å². The van der Waals surface area contributed by atoms with E-state index in [0.717, 1.165) is 63.5 Å². The van der Waals surface area contributed by atoms with Crippen molar-refractivity contribution in [2.24, 2.45) is 0 Å². The third-order valence-electron chi connectivity index (χ3n) is 10.3. The summed E-state index contributed by atoms with van der Waals surface area (Å²) in [6.45, 7) is 11.5. The van der Waals surface area contributed by atoms with Gasteiger partial charge in [-0.15, -0.1) is 0 Å². The van der Waals surface area contributed by atoms with Gasteiger partial charge >= 0.3 is 0 Å². The lowest BCUT2D eigenvalue weighted by Gasteiger charge is -2.50. The molecule has 4 aromatic rings. The smallest absolute Gasteiger partial charge is 0.132 e. The zero-order chi connectivity index (χ0) is 32.5. The van der Waals surface area contributed by atoms with Crippen LogP contribution in [0.1, 0.15) is 72.9 Å². The number of aromatic nitrogens is 2. The van der Waals surface area contributed by atoms with Crippen molar-refractivity contribution >= 4 is 34.8 Å². The topological polar surface area (TPSA) is 72.7 Å². The molecule has 2 spiro atoms. The number of aliphatic hydroxyl groups is 2. The standard InChI is InChI=1S/2C19H21ClN2O/c2*1-13-3-5-14(6-4-13)9-22-12-19(10-18(2,23)11-19)16-7-15(20)8-21-17(16)22/h2*3-8,23H,9-12H2,1-2H3. The van der Waals surface area contributed by atoms with Crippen molar-refractivity contribution in [1.29, 1.82) is 0 Å². The fourth-order valence-corrected chi connectivity index (χ4v) is 9.02. The molecule has 8 rings (SSSR count). The zero-order valence-corrected chi connectivity index (χ0v) is 28.5. The van der Waals surface area contributed by atoms with Gasteiger partial charge in [-0.2, -0.15) is 0 Å². The molecule has 4 heterocycles. The fourth-order valence-electron chi connectivity index (χ4n) is 8.71. The molecule has 0 bridgehead atoms. The lowest BCUT2D eigenvalue weighted by molar-refractivity contribution is -0.0706. The number of fused-ring (bicyclic) bond motifs is 4. The van der Waals surface area contributed by atoms with Crippen LogP contribution in [0.15, 0.2) is 73.1 Å². The molecule has 2 aliphatic carbocycles. The van der Waals surface area contributed by atoms with Crippen LogP contribution in [0.5, 0.6) is 0 Å². The number of aryl methyl sites for hydroxylation is 2. The van der Waals surface area contributed by atoms with Crippen LogP contribution in [0.25, 0.3) is 0 Å².